The fourth-order valence-electron chi connectivity index (χ4n) is 3.14. The summed E-state index contributed by atoms with van der Waals surface area (Å²) in [4.78, 5) is 22.5. The minimum Gasteiger partial charge on any atom is -0.339 e. The molecule has 0 aliphatic rings. The van der Waals surface area contributed by atoms with Crippen LogP contribution in [0.3, 0.4) is 0 Å². The summed E-state index contributed by atoms with van der Waals surface area (Å²) < 4.78 is 20.3. The van der Waals surface area contributed by atoms with Crippen LogP contribution in [0.25, 0.3) is 27.8 Å². The maximum absolute atomic E-state index is 13.8. The van der Waals surface area contributed by atoms with Crippen LogP contribution >= 0.6 is 11.3 Å². The van der Waals surface area contributed by atoms with Crippen LogP contribution in [0.1, 0.15) is 16.5 Å². The van der Waals surface area contributed by atoms with Gasteiger partial charge in [0.25, 0.3) is 5.91 Å². The number of aryl methyl sites for hydroxylation is 1. The van der Waals surface area contributed by atoms with Crippen molar-refractivity contribution >= 4 is 22.9 Å². The Morgan fingerprint density at radius 1 is 1.09 bits per heavy atom. The van der Waals surface area contributed by atoms with Gasteiger partial charge in [0.15, 0.2) is 5.82 Å². The first kappa shape index (κ1) is 19.8. The Balaban J connectivity index is 1.52. The quantitative estimate of drug-likeness (QED) is 0.418. The van der Waals surface area contributed by atoms with Gasteiger partial charge in [-0.1, -0.05) is 29.4 Å². The molecule has 5 rings (SSSR count). The molecule has 0 bridgehead atoms. The van der Waals surface area contributed by atoms with Gasteiger partial charge in [-0.25, -0.2) is 14.1 Å². The molecule has 3 heterocycles. The zero-order valence-corrected chi connectivity index (χ0v) is 17.5. The molecule has 10 heteroatoms. The molecule has 0 atom stereocenters. The Bertz CT molecular complexity index is 1410. The molecule has 32 heavy (non-hydrogen) atoms. The van der Waals surface area contributed by atoms with Crippen LogP contribution in [0, 0.1) is 12.7 Å². The van der Waals surface area contributed by atoms with Crippen LogP contribution in [0.4, 0.5) is 10.1 Å². The third-order valence-corrected chi connectivity index (χ3v) is 5.41. The topological polar surface area (TPSA) is 98.7 Å². The standard InChI is InChI=1S/C22H15FN6O2S/c1-13-24-19(28-31-13)16-8-2-3-9-17(16)25-22(30)20-26-21(18-10-5-11-32-18)29(27-20)15-7-4-6-14(23)12-15/h2-12H,1H3,(H,25,30). The van der Waals surface area contributed by atoms with E-state index in [1.807, 2.05) is 23.6 Å². The van der Waals surface area contributed by atoms with E-state index in [1.54, 1.807) is 37.3 Å². The molecular formula is C22H15FN6O2S. The summed E-state index contributed by atoms with van der Waals surface area (Å²) in [6.07, 6.45) is 0. The second-order valence-corrected chi connectivity index (χ2v) is 7.71. The van der Waals surface area contributed by atoms with Crippen LogP contribution < -0.4 is 5.32 Å². The highest BCUT2D eigenvalue weighted by Crippen LogP contribution is 2.28. The number of halogens is 1. The van der Waals surface area contributed by atoms with Gasteiger partial charge in [0, 0.05) is 12.5 Å². The van der Waals surface area contributed by atoms with E-state index in [2.05, 4.69) is 25.5 Å². The Kier molecular flexibility index (Phi) is 5.04. The molecule has 0 aliphatic carbocycles. The van der Waals surface area contributed by atoms with Gasteiger partial charge in [-0.2, -0.15) is 4.98 Å². The van der Waals surface area contributed by atoms with Crippen molar-refractivity contribution in [3.8, 4) is 27.8 Å². The van der Waals surface area contributed by atoms with Crippen molar-refractivity contribution in [1.29, 1.82) is 0 Å². The predicted octanol–water partition coefficient (Wildman–Crippen LogP) is 4.75. The van der Waals surface area contributed by atoms with Crippen molar-refractivity contribution in [2.75, 3.05) is 5.32 Å². The molecule has 0 saturated carbocycles. The summed E-state index contributed by atoms with van der Waals surface area (Å²) in [7, 11) is 0. The Morgan fingerprint density at radius 3 is 2.72 bits per heavy atom. The van der Waals surface area contributed by atoms with Gasteiger partial charge in [0.1, 0.15) is 5.82 Å². The van der Waals surface area contributed by atoms with Gasteiger partial charge in [-0.15, -0.1) is 16.4 Å². The first-order valence-electron chi connectivity index (χ1n) is 9.56. The normalized spacial score (nSPS) is 10.9. The van der Waals surface area contributed by atoms with Gasteiger partial charge in [0.05, 0.1) is 16.3 Å². The van der Waals surface area contributed by atoms with Crippen molar-refractivity contribution in [3.63, 3.8) is 0 Å². The largest absolute Gasteiger partial charge is 0.339 e. The molecule has 5 aromatic rings. The van der Waals surface area contributed by atoms with Gasteiger partial charge in [-0.3, -0.25) is 4.79 Å². The van der Waals surface area contributed by atoms with Crippen molar-refractivity contribution in [3.05, 3.63) is 83.6 Å². The van der Waals surface area contributed by atoms with Crippen LogP contribution in [-0.2, 0) is 0 Å². The maximum atomic E-state index is 13.8. The number of carbonyl (C=O) groups is 1. The smallest absolute Gasteiger partial charge is 0.295 e. The fourth-order valence-corrected chi connectivity index (χ4v) is 3.83. The minimum absolute atomic E-state index is 0.0586. The Hall–Kier alpha value is -4.18. The molecule has 158 valence electrons. The molecule has 0 aliphatic heterocycles. The fraction of sp³-hybridized carbons (Fsp3) is 0.0455. The molecule has 0 spiro atoms. The molecular weight excluding hydrogens is 431 g/mol. The summed E-state index contributed by atoms with van der Waals surface area (Å²) in [5.41, 5.74) is 1.54. The van der Waals surface area contributed by atoms with Crippen molar-refractivity contribution < 1.29 is 13.7 Å². The van der Waals surface area contributed by atoms with E-state index in [4.69, 9.17) is 4.52 Å². The summed E-state index contributed by atoms with van der Waals surface area (Å²) in [6.45, 7) is 1.69. The van der Waals surface area contributed by atoms with E-state index in [-0.39, 0.29) is 5.82 Å². The summed E-state index contributed by atoms with van der Waals surface area (Å²) in [6, 6.07) is 16.8. The highest BCUT2D eigenvalue weighted by Gasteiger charge is 2.21. The zero-order chi connectivity index (χ0) is 22.1. The number of rotatable bonds is 5. The van der Waals surface area contributed by atoms with E-state index in [1.165, 1.54) is 28.2 Å². The third-order valence-electron chi connectivity index (χ3n) is 4.55. The molecule has 2 aromatic carbocycles. The number of anilines is 1. The number of nitrogens with zero attached hydrogens (tertiary/aromatic N) is 5. The van der Waals surface area contributed by atoms with Gasteiger partial charge in [-0.05, 0) is 41.8 Å². The zero-order valence-electron chi connectivity index (χ0n) is 16.7. The molecule has 1 N–H and O–H groups in total. The molecule has 0 radical (unpaired) electrons. The molecule has 3 aromatic heterocycles. The summed E-state index contributed by atoms with van der Waals surface area (Å²) in [5.74, 6) is 0.221. The Morgan fingerprint density at radius 2 is 1.97 bits per heavy atom. The number of nitrogens with one attached hydrogen (secondary N) is 1. The van der Waals surface area contributed by atoms with Gasteiger partial charge < -0.3 is 9.84 Å². The second kappa shape index (κ2) is 8.16. The highest BCUT2D eigenvalue weighted by molar-refractivity contribution is 7.13. The average Bonchev–Trinajstić information content (AvgIpc) is 3.54. The molecule has 1 amide bonds. The van der Waals surface area contributed by atoms with E-state index in [0.29, 0.717) is 34.5 Å². The number of para-hydroxylation sites is 1. The number of thiophene rings is 1. The van der Waals surface area contributed by atoms with Crippen LogP contribution in [0.15, 0.2) is 70.6 Å². The van der Waals surface area contributed by atoms with Crippen LogP contribution in [0.2, 0.25) is 0 Å². The van der Waals surface area contributed by atoms with Crippen molar-refractivity contribution in [2.24, 2.45) is 0 Å². The van der Waals surface area contributed by atoms with E-state index >= 15 is 0 Å². The van der Waals surface area contributed by atoms with Crippen molar-refractivity contribution in [2.45, 2.75) is 6.92 Å². The minimum atomic E-state index is -0.523. The monoisotopic (exact) mass is 446 g/mol. The van der Waals surface area contributed by atoms with E-state index in [9.17, 15) is 9.18 Å². The van der Waals surface area contributed by atoms with E-state index in [0.717, 1.165) is 4.88 Å². The number of benzene rings is 2. The molecule has 8 nitrogen and oxygen atoms in total. The number of hydrogen-bond donors (Lipinski definition) is 1. The van der Waals surface area contributed by atoms with Crippen LogP contribution in [0.5, 0.6) is 0 Å². The van der Waals surface area contributed by atoms with Gasteiger partial charge in [0.2, 0.25) is 17.5 Å². The lowest BCUT2D eigenvalue weighted by atomic mass is 10.1. The van der Waals surface area contributed by atoms with E-state index < -0.39 is 11.7 Å². The Labute approximate surface area is 185 Å². The molecule has 0 fully saturated rings. The molecule has 0 unspecified atom stereocenters. The lowest BCUT2D eigenvalue weighted by molar-refractivity contribution is 0.101. The lowest BCUT2D eigenvalue weighted by Gasteiger charge is -2.06. The predicted molar refractivity (Wildman–Crippen MR) is 117 cm³/mol. The maximum Gasteiger partial charge on any atom is 0.295 e. The first-order valence-corrected chi connectivity index (χ1v) is 10.4. The number of carbonyl (C=O) groups excluding carboxylic acids is 1. The average molecular weight is 446 g/mol. The highest BCUT2D eigenvalue weighted by atomic mass is 32.1. The van der Waals surface area contributed by atoms with Crippen molar-refractivity contribution in [1.82, 2.24) is 24.9 Å². The SMILES string of the molecule is Cc1nc(-c2ccccc2NC(=O)c2nc(-c3cccs3)n(-c3cccc(F)c3)n2)no1. The third kappa shape index (κ3) is 3.79. The first-order chi connectivity index (χ1) is 15.6. The van der Waals surface area contributed by atoms with Crippen LogP contribution in [-0.4, -0.2) is 30.8 Å². The lowest BCUT2D eigenvalue weighted by Crippen LogP contribution is -2.15. The number of aromatic nitrogens is 5. The number of amides is 1. The number of hydrogen-bond acceptors (Lipinski definition) is 7. The molecule has 0 saturated heterocycles. The van der Waals surface area contributed by atoms with Gasteiger partial charge >= 0.3 is 0 Å². The summed E-state index contributed by atoms with van der Waals surface area (Å²) >= 11 is 1.44. The second-order valence-electron chi connectivity index (χ2n) is 6.76. The summed E-state index contributed by atoms with van der Waals surface area (Å²) in [5, 5.41) is 13.0.